The van der Waals surface area contributed by atoms with Gasteiger partial charge in [-0.15, -0.1) is 0 Å². The van der Waals surface area contributed by atoms with Gasteiger partial charge >= 0.3 is 5.97 Å². The normalized spacial score (nSPS) is 42.1. The van der Waals surface area contributed by atoms with E-state index in [1.807, 2.05) is 0 Å². The highest BCUT2D eigenvalue weighted by Crippen LogP contribution is 2.70. The average molecular weight is 485 g/mol. The maximum Gasteiger partial charge on any atom is 0.333 e. The van der Waals surface area contributed by atoms with Crippen molar-refractivity contribution in [2.75, 3.05) is 7.11 Å². The topological polar surface area (TPSA) is 66.8 Å². The smallest absolute Gasteiger partial charge is 0.333 e. The van der Waals surface area contributed by atoms with Crippen molar-refractivity contribution >= 4 is 5.97 Å². The first-order valence-electron chi connectivity index (χ1n) is 13.8. The highest BCUT2D eigenvalue weighted by atomic mass is 16.5. The van der Waals surface area contributed by atoms with Gasteiger partial charge in [-0.3, -0.25) is 0 Å². The van der Waals surface area contributed by atoms with Crippen LogP contribution in [0.15, 0.2) is 34.9 Å². The first kappa shape index (κ1) is 26.7. The molecule has 0 aromatic carbocycles. The van der Waals surface area contributed by atoms with Crippen LogP contribution >= 0.6 is 0 Å². The third kappa shape index (κ3) is 3.98. The molecule has 0 unspecified atom stereocenters. The van der Waals surface area contributed by atoms with Crippen LogP contribution < -0.4 is 0 Å². The molecule has 0 saturated heterocycles. The average Bonchev–Trinajstić information content (AvgIpc) is 3.08. The molecular formula is C31H48O4. The van der Waals surface area contributed by atoms with Crippen LogP contribution in [0.5, 0.6) is 0 Å². The highest BCUT2D eigenvalue weighted by Gasteiger charge is 2.61. The van der Waals surface area contributed by atoms with E-state index < -0.39 is 6.10 Å². The Bertz CT molecular complexity index is 957. The van der Waals surface area contributed by atoms with Gasteiger partial charge < -0.3 is 14.9 Å². The number of carbonyl (C=O) groups excluding carboxylic acids is 1. The summed E-state index contributed by atoms with van der Waals surface area (Å²) in [5.74, 6) is 0.973. The number of esters is 1. The minimum Gasteiger partial charge on any atom is -0.466 e. The molecule has 2 fully saturated rings. The standard InChI is InChI=1S/C31H48O4/c1-19(27(34)35-8)17-21(32)18-20(2)29(5)15-16-31(7)23-9-11-24-28(3,4)26(33)13-14-30(24,6)22(23)10-12-25(29)31/h9,12,17,20-22,24,26,32-33H,10-11,13-16,18H2,1-8H3/b19-17+/t20-,21+,22-,24+,26-,29+,30-,31+/m1/s1. The van der Waals surface area contributed by atoms with Crippen LogP contribution in [-0.4, -0.2) is 35.5 Å². The summed E-state index contributed by atoms with van der Waals surface area (Å²) < 4.78 is 4.79. The number of aliphatic hydroxyl groups is 2. The molecule has 0 bridgehead atoms. The summed E-state index contributed by atoms with van der Waals surface area (Å²) in [6.07, 6.45) is 13.0. The molecule has 8 atom stereocenters. The Morgan fingerprint density at radius 2 is 1.83 bits per heavy atom. The maximum atomic E-state index is 11.8. The van der Waals surface area contributed by atoms with E-state index in [1.165, 1.54) is 7.11 Å². The van der Waals surface area contributed by atoms with Crippen molar-refractivity contribution in [3.05, 3.63) is 34.9 Å². The van der Waals surface area contributed by atoms with Gasteiger partial charge in [0.2, 0.25) is 0 Å². The third-order valence-corrected chi connectivity index (χ3v) is 11.4. The van der Waals surface area contributed by atoms with Crippen LogP contribution in [-0.2, 0) is 9.53 Å². The molecule has 4 heteroatoms. The maximum absolute atomic E-state index is 11.8. The van der Waals surface area contributed by atoms with Crippen molar-refractivity contribution in [2.24, 2.45) is 39.4 Å². The van der Waals surface area contributed by atoms with E-state index in [-0.39, 0.29) is 33.7 Å². The van der Waals surface area contributed by atoms with Gasteiger partial charge in [0.05, 0.1) is 19.3 Å². The monoisotopic (exact) mass is 484 g/mol. The summed E-state index contributed by atoms with van der Waals surface area (Å²) in [7, 11) is 1.37. The number of hydrogen-bond acceptors (Lipinski definition) is 4. The second-order valence-corrected chi connectivity index (χ2v) is 13.5. The van der Waals surface area contributed by atoms with Gasteiger partial charge in [0, 0.05) is 11.0 Å². The van der Waals surface area contributed by atoms with Crippen molar-refractivity contribution in [1.82, 2.24) is 0 Å². The van der Waals surface area contributed by atoms with Crippen molar-refractivity contribution < 1.29 is 19.7 Å². The summed E-state index contributed by atoms with van der Waals surface area (Å²) in [4.78, 5) is 11.8. The molecule has 2 saturated carbocycles. The van der Waals surface area contributed by atoms with Crippen LogP contribution in [0.1, 0.15) is 93.4 Å². The van der Waals surface area contributed by atoms with Crippen LogP contribution in [0.2, 0.25) is 0 Å². The first-order valence-corrected chi connectivity index (χ1v) is 13.8. The lowest BCUT2D eigenvalue weighted by atomic mass is 9.44. The van der Waals surface area contributed by atoms with E-state index in [2.05, 4.69) is 53.7 Å². The van der Waals surface area contributed by atoms with Crippen LogP contribution in [0.3, 0.4) is 0 Å². The van der Waals surface area contributed by atoms with Gasteiger partial charge in [0.1, 0.15) is 0 Å². The number of fused-ring (bicyclic) bond motifs is 5. The van der Waals surface area contributed by atoms with Crippen molar-refractivity contribution in [1.29, 1.82) is 0 Å². The molecule has 4 aliphatic carbocycles. The first-order chi connectivity index (χ1) is 16.2. The van der Waals surface area contributed by atoms with Crippen LogP contribution in [0.4, 0.5) is 0 Å². The molecule has 0 aromatic heterocycles. The summed E-state index contributed by atoms with van der Waals surface area (Å²) in [5.41, 5.74) is 3.98. The fourth-order valence-electron chi connectivity index (χ4n) is 8.94. The predicted molar refractivity (Wildman–Crippen MR) is 141 cm³/mol. The Morgan fingerprint density at radius 3 is 2.49 bits per heavy atom. The third-order valence-electron chi connectivity index (χ3n) is 11.4. The molecule has 0 amide bonds. The number of ether oxygens (including phenoxy) is 1. The van der Waals surface area contributed by atoms with E-state index in [1.54, 1.807) is 24.1 Å². The van der Waals surface area contributed by atoms with Crippen molar-refractivity contribution in [2.45, 2.75) is 106 Å². The molecule has 4 rings (SSSR count). The van der Waals surface area contributed by atoms with Crippen LogP contribution in [0.25, 0.3) is 0 Å². The molecule has 196 valence electrons. The molecular weight excluding hydrogens is 436 g/mol. The zero-order valence-corrected chi connectivity index (χ0v) is 23.3. The van der Waals surface area contributed by atoms with E-state index >= 15 is 0 Å². The zero-order chi connectivity index (χ0) is 26.0. The largest absolute Gasteiger partial charge is 0.466 e. The Labute approximate surface area is 212 Å². The fraction of sp³-hybridized carbons (Fsp3) is 0.774. The van der Waals surface area contributed by atoms with Gasteiger partial charge in [-0.2, -0.15) is 0 Å². The molecule has 0 aromatic rings. The number of hydrogen-bond donors (Lipinski definition) is 2. The van der Waals surface area contributed by atoms with Crippen molar-refractivity contribution in [3.8, 4) is 0 Å². The Kier molecular flexibility index (Phi) is 6.76. The molecule has 0 aliphatic heterocycles. The lowest BCUT2D eigenvalue weighted by Crippen LogP contribution is -2.55. The molecule has 4 aliphatic rings. The number of carbonyl (C=O) groups is 1. The van der Waals surface area contributed by atoms with Gasteiger partial charge in [0.25, 0.3) is 0 Å². The highest BCUT2D eigenvalue weighted by molar-refractivity contribution is 5.87. The molecule has 0 radical (unpaired) electrons. The van der Waals surface area contributed by atoms with Gasteiger partial charge in [-0.1, -0.05) is 64.8 Å². The summed E-state index contributed by atoms with van der Waals surface area (Å²) >= 11 is 0. The summed E-state index contributed by atoms with van der Waals surface area (Å²) in [6.45, 7) is 15.9. The SMILES string of the molecule is COC(=O)/C(C)=C/[C@H](O)C[C@@H](C)[C@]1(C)CC[C@@]2(C)C3=CC[C@H]4C(C)(C)[C@H](O)CC[C@]4(C)[C@@H]3CC=C21. The lowest BCUT2D eigenvalue weighted by molar-refractivity contribution is -0.136. The summed E-state index contributed by atoms with van der Waals surface area (Å²) in [6, 6.07) is 0. The Balaban J connectivity index is 1.60. The number of methoxy groups -OCH3 is 1. The Morgan fingerprint density at radius 1 is 1.14 bits per heavy atom. The Hall–Kier alpha value is -1.39. The second kappa shape index (κ2) is 8.87. The molecule has 2 N–H and O–H groups in total. The molecule has 0 heterocycles. The summed E-state index contributed by atoms with van der Waals surface area (Å²) in [5, 5.41) is 21.6. The van der Waals surface area contributed by atoms with E-state index in [4.69, 9.17) is 4.74 Å². The van der Waals surface area contributed by atoms with E-state index in [0.717, 1.165) is 38.5 Å². The predicted octanol–water partition coefficient (Wildman–Crippen LogP) is 6.38. The lowest BCUT2D eigenvalue weighted by Gasteiger charge is -2.61. The van der Waals surface area contributed by atoms with Crippen LogP contribution in [0, 0.1) is 39.4 Å². The number of allylic oxidation sites excluding steroid dienone is 4. The zero-order valence-electron chi connectivity index (χ0n) is 23.3. The minimum absolute atomic E-state index is 0.0360. The van der Waals surface area contributed by atoms with Gasteiger partial charge in [0.15, 0.2) is 0 Å². The molecule has 35 heavy (non-hydrogen) atoms. The van der Waals surface area contributed by atoms with Crippen molar-refractivity contribution in [3.63, 3.8) is 0 Å². The number of aliphatic hydroxyl groups excluding tert-OH is 2. The van der Waals surface area contributed by atoms with E-state index in [0.29, 0.717) is 29.7 Å². The minimum atomic E-state index is -0.658. The molecule has 0 spiro atoms. The fourth-order valence-corrected chi connectivity index (χ4v) is 8.94. The number of rotatable bonds is 5. The van der Waals surface area contributed by atoms with E-state index in [9.17, 15) is 15.0 Å². The second-order valence-electron chi connectivity index (χ2n) is 13.5. The van der Waals surface area contributed by atoms with Gasteiger partial charge in [-0.05, 0) is 91.9 Å². The van der Waals surface area contributed by atoms with Gasteiger partial charge in [-0.25, -0.2) is 4.79 Å². The molecule has 4 nitrogen and oxygen atoms in total. The quantitative estimate of drug-likeness (QED) is 0.270.